The van der Waals surface area contributed by atoms with Gasteiger partial charge in [0.2, 0.25) is 0 Å². The molecule has 164 valence electrons. The van der Waals surface area contributed by atoms with Gasteiger partial charge in [-0.05, 0) is 58.3 Å². The number of rotatable bonds is 7. The summed E-state index contributed by atoms with van der Waals surface area (Å²) in [6.45, 7) is 0. The lowest BCUT2D eigenvalue weighted by Gasteiger charge is -2.20. The maximum Gasteiger partial charge on any atom is 0.122 e. The average Bonchev–Trinajstić information content (AvgIpc) is 2.84. The van der Waals surface area contributed by atoms with E-state index in [1.165, 1.54) is 21.5 Å². The number of hydrogen-bond acceptors (Lipinski definition) is 2. The molecule has 0 amide bonds. The zero-order valence-electron chi connectivity index (χ0n) is 19.0. The molecule has 1 atom stereocenters. The van der Waals surface area contributed by atoms with Crippen molar-refractivity contribution in [2.75, 3.05) is 21.2 Å². The van der Waals surface area contributed by atoms with Crippen LogP contribution in [0.3, 0.4) is 0 Å². The highest BCUT2D eigenvalue weighted by atomic mass is 31.1. The lowest BCUT2D eigenvalue weighted by atomic mass is 10.2. The van der Waals surface area contributed by atoms with Gasteiger partial charge >= 0.3 is 0 Å². The fourth-order valence-electron chi connectivity index (χ4n) is 3.32. The number of methoxy groups -OCH3 is 1. The first kappa shape index (κ1) is 24.1. The van der Waals surface area contributed by atoms with Crippen molar-refractivity contribution < 1.29 is 4.74 Å². The van der Waals surface area contributed by atoms with E-state index in [0.29, 0.717) is 0 Å². The van der Waals surface area contributed by atoms with Gasteiger partial charge in [-0.1, -0.05) is 109 Å². The molecule has 0 N–H and O–H groups in total. The second kappa shape index (κ2) is 13.1. The summed E-state index contributed by atoms with van der Waals surface area (Å²) in [5.74, 6) is 0.974. The minimum absolute atomic E-state index is 0.429. The molecule has 0 aromatic heterocycles. The largest absolute Gasteiger partial charge is 0.496 e. The van der Waals surface area contributed by atoms with E-state index < -0.39 is 7.92 Å². The summed E-state index contributed by atoms with van der Waals surface area (Å²) in [6, 6.07) is 40.4. The Kier molecular flexibility index (Phi) is 9.92. The van der Waals surface area contributed by atoms with Gasteiger partial charge in [0, 0.05) is 6.16 Å². The maximum atomic E-state index is 5.53. The molecule has 2 nitrogen and oxygen atoms in total. The van der Waals surface area contributed by atoms with Gasteiger partial charge in [0.25, 0.3) is 0 Å². The van der Waals surface area contributed by atoms with Crippen molar-refractivity contribution in [2.24, 2.45) is 0 Å². The molecule has 0 aliphatic rings. The van der Waals surface area contributed by atoms with E-state index in [1.807, 2.05) is 18.2 Å². The molecule has 0 fully saturated rings. The summed E-state index contributed by atoms with van der Waals surface area (Å²) in [5, 5.41) is 4.19. The van der Waals surface area contributed by atoms with E-state index >= 15 is 0 Å². The zero-order chi connectivity index (χ0) is 22.6. The summed E-state index contributed by atoms with van der Waals surface area (Å²) in [5.41, 5.74) is 1.27. The Balaban J connectivity index is 0.000000243. The minimum atomic E-state index is -0.429. The van der Waals surface area contributed by atoms with Gasteiger partial charge in [-0.3, -0.25) is 4.67 Å². The highest BCUT2D eigenvalue weighted by molar-refractivity contribution is 7.72. The fraction of sp³-hybridized carbons (Fsp3) is 0.143. The molecular weight excluding hydrogens is 428 g/mol. The summed E-state index contributed by atoms with van der Waals surface area (Å²) in [4.78, 5) is 0. The molecule has 0 bridgehead atoms. The van der Waals surface area contributed by atoms with Gasteiger partial charge in [0.1, 0.15) is 5.75 Å². The maximum absolute atomic E-state index is 5.53. The quantitative estimate of drug-likeness (QED) is 0.324. The van der Waals surface area contributed by atoms with E-state index in [4.69, 9.17) is 4.74 Å². The zero-order valence-corrected chi connectivity index (χ0v) is 20.9. The third-order valence-electron chi connectivity index (χ3n) is 4.78. The van der Waals surface area contributed by atoms with Gasteiger partial charge in [-0.25, -0.2) is 0 Å². The Bertz CT molecular complexity index is 1000. The fourth-order valence-corrected chi connectivity index (χ4v) is 6.51. The smallest absolute Gasteiger partial charge is 0.122 e. The van der Waals surface area contributed by atoms with E-state index in [0.717, 1.165) is 20.6 Å². The predicted molar refractivity (Wildman–Crippen MR) is 144 cm³/mol. The standard InChI is InChI=1S/C20H19OP.C8H12NP/c1-21-20-15-9-8-10-17(20)16-22(18-11-4-2-5-12-18)19-13-6-3-7-14-19;1-9(2)10-8-6-4-3-5-7-8/h2-15H,16H2,1H3;3-7,10H,1-2H3. The topological polar surface area (TPSA) is 12.5 Å². The molecule has 0 radical (unpaired) electrons. The van der Waals surface area contributed by atoms with Gasteiger partial charge in [0.05, 0.1) is 7.11 Å². The first-order chi connectivity index (χ1) is 15.7. The van der Waals surface area contributed by atoms with Gasteiger partial charge in [0.15, 0.2) is 0 Å². The predicted octanol–water partition coefficient (Wildman–Crippen LogP) is 5.80. The molecule has 0 spiro atoms. The third-order valence-corrected chi connectivity index (χ3v) is 8.32. The summed E-state index contributed by atoms with van der Waals surface area (Å²) in [7, 11) is 6.28. The van der Waals surface area contributed by atoms with Crippen molar-refractivity contribution in [3.05, 3.63) is 121 Å². The first-order valence-electron chi connectivity index (χ1n) is 10.7. The Morgan fingerprint density at radius 1 is 0.656 bits per heavy atom. The van der Waals surface area contributed by atoms with E-state index in [2.05, 4.69) is 116 Å². The van der Waals surface area contributed by atoms with Crippen LogP contribution in [0.4, 0.5) is 0 Å². The molecule has 0 aliphatic heterocycles. The molecule has 0 saturated carbocycles. The molecule has 4 aromatic rings. The van der Waals surface area contributed by atoms with Gasteiger partial charge in [-0.2, -0.15) is 0 Å². The summed E-state index contributed by atoms with van der Waals surface area (Å²) in [6.07, 6.45) is 0.993. The lowest BCUT2D eigenvalue weighted by molar-refractivity contribution is 0.411. The highest BCUT2D eigenvalue weighted by Gasteiger charge is 2.16. The summed E-state index contributed by atoms with van der Waals surface area (Å²) < 4.78 is 7.72. The third kappa shape index (κ3) is 7.57. The molecule has 4 heteroatoms. The average molecular weight is 460 g/mol. The number of para-hydroxylation sites is 1. The number of nitrogens with zero attached hydrogens (tertiary/aromatic N) is 1. The second-order valence-electron chi connectivity index (χ2n) is 7.44. The molecule has 0 saturated heterocycles. The van der Waals surface area contributed by atoms with Crippen molar-refractivity contribution in [1.82, 2.24) is 4.67 Å². The van der Waals surface area contributed by atoms with Crippen molar-refractivity contribution in [1.29, 1.82) is 0 Å². The molecule has 0 aliphatic carbocycles. The van der Waals surface area contributed by atoms with Crippen molar-refractivity contribution in [3.8, 4) is 5.75 Å². The van der Waals surface area contributed by atoms with Crippen LogP contribution in [0.1, 0.15) is 5.56 Å². The molecular formula is C28H31NOP2. The van der Waals surface area contributed by atoms with Crippen LogP contribution in [0.5, 0.6) is 5.75 Å². The normalized spacial score (nSPS) is 10.9. The van der Waals surface area contributed by atoms with Crippen LogP contribution in [0.25, 0.3) is 0 Å². The van der Waals surface area contributed by atoms with Gasteiger partial charge < -0.3 is 4.74 Å². The second-order valence-corrected chi connectivity index (χ2v) is 11.3. The van der Waals surface area contributed by atoms with Crippen LogP contribution in [-0.4, -0.2) is 25.9 Å². The Morgan fingerprint density at radius 3 is 1.62 bits per heavy atom. The van der Waals surface area contributed by atoms with Crippen molar-refractivity contribution in [3.63, 3.8) is 0 Å². The van der Waals surface area contributed by atoms with Crippen molar-refractivity contribution in [2.45, 2.75) is 6.16 Å². The van der Waals surface area contributed by atoms with Gasteiger partial charge in [-0.15, -0.1) is 0 Å². The van der Waals surface area contributed by atoms with Crippen LogP contribution < -0.4 is 20.7 Å². The number of ether oxygens (including phenoxy) is 1. The van der Waals surface area contributed by atoms with Crippen LogP contribution in [0, 0.1) is 0 Å². The van der Waals surface area contributed by atoms with Crippen LogP contribution >= 0.6 is 16.7 Å². The van der Waals surface area contributed by atoms with E-state index in [-0.39, 0.29) is 0 Å². The molecule has 1 unspecified atom stereocenters. The summed E-state index contributed by atoms with van der Waals surface area (Å²) >= 11 is 0. The van der Waals surface area contributed by atoms with Crippen molar-refractivity contribution >= 4 is 32.6 Å². The lowest BCUT2D eigenvalue weighted by Crippen LogP contribution is -2.13. The monoisotopic (exact) mass is 459 g/mol. The Hall–Kier alpha value is -2.50. The Morgan fingerprint density at radius 2 is 1.12 bits per heavy atom. The molecule has 4 aromatic carbocycles. The highest BCUT2D eigenvalue weighted by Crippen LogP contribution is 2.40. The van der Waals surface area contributed by atoms with Crippen LogP contribution in [-0.2, 0) is 6.16 Å². The van der Waals surface area contributed by atoms with E-state index in [1.54, 1.807) is 7.11 Å². The van der Waals surface area contributed by atoms with E-state index in [9.17, 15) is 0 Å². The number of hydrogen-bond donors (Lipinski definition) is 0. The molecule has 32 heavy (non-hydrogen) atoms. The molecule has 4 rings (SSSR count). The first-order valence-corrected chi connectivity index (χ1v) is 13.1. The Labute approximate surface area is 195 Å². The molecule has 0 heterocycles. The number of benzene rings is 4. The SMILES string of the molecule is CN(C)Pc1ccccc1.COc1ccccc1CP(c1ccccc1)c1ccccc1. The van der Waals surface area contributed by atoms with Crippen LogP contribution in [0.15, 0.2) is 115 Å². The minimum Gasteiger partial charge on any atom is -0.496 e. The van der Waals surface area contributed by atoms with Crippen LogP contribution in [0.2, 0.25) is 0 Å².